The number of carbonyl (C=O) groups excluding carboxylic acids is 1. The van der Waals surface area contributed by atoms with Crippen LogP contribution >= 0.6 is 34.9 Å². The smallest absolute Gasteiger partial charge is 0.257 e. The average molecular weight is 515 g/mol. The number of hydrogen-bond donors (Lipinski definition) is 2. The number of rotatable bonds is 7. The number of amides is 1. The lowest BCUT2D eigenvalue weighted by Gasteiger charge is -2.43. The Kier molecular flexibility index (Phi) is 8.04. The second-order valence-electron chi connectivity index (χ2n) is 8.71. The van der Waals surface area contributed by atoms with Gasteiger partial charge in [0.1, 0.15) is 6.10 Å². The summed E-state index contributed by atoms with van der Waals surface area (Å²) in [4.78, 5) is 17.1. The molecule has 10 heteroatoms. The van der Waals surface area contributed by atoms with Gasteiger partial charge in [-0.05, 0) is 37.7 Å². The highest BCUT2D eigenvalue weighted by Gasteiger charge is 2.32. The van der Waals surface area contributed by atoms with Gasteiger partial charge in [-0.25, -0.2) is 4.31 Å². The number of nitrogens with zero attached hydrogens (tertiary/aromatic N) is 3. The molecule has 0 saturated carbocycles. The van der Waals surface area contributed by atoms with E-state index in [1.54, 1.807) is 21.3 Å². The maximum Gasteiger partial charge on any atom is 0.257 e. The predicted octanol–water partition coefficient (Wildman–Crippen LogP) is 4.83. The first-order chi connectivity index (χ1) is 15.8. The SMILES string of the molecule is CN(C)CC1CN([SH](F)Nc2cc(Cl)c(C(=O)N3CCO[C@@H](c4ccccc4)C3)c(Cl)c2)C1. The number of nitrogens with one attached hydrogen (secondary N) is 1. The van der Waals surface area contributed by atoms with Gasteiger partial charge in [-0.1, -0.05) is 53.5 Å². The van der Waals surface area contributed by atoms with E-state index >= 15 is 0 Å². The van der Waals surface area contributed by atoms with E-state index in [4.69, 9.17) is 27.9 Å². The Morgan fingerprint density at radius 2 is 1.85 bits per heavy atom. The van der Waals surface area contributed by atoms with Crippen molar-refractivity contribution >= 4 is 46.4 Å². The van der Waals surface area contributed by atoms with Gasteiger partial charge in [-0.3, -0.25) is 4.79 Å². The summed E-state index contributed by atoms with van der Waals surface area (Å²) in [5.41, 5.74) is 1.72. The van der Waals surface area contributed by atoms with Gasteiger partial charge in [0.15, 0.2) is 0 Å². The quantitative estimate of drug-likeness (QED) is 0.518. The molecule has 2 aromatic carbocycles. The van der Waals surface area contributed by atoms with E-state index in [-0.39, 0.29) is 27.6 Å². The number of ether oxygens (including phenoxy) is 1. The first kappa shape index (κ1) is 24.6. The first-order valence-electron chi connectivity index (χ1n) is 10.9. The largest absolute Gasteiger partial charge is 0.370 e. The van der Waals surface area contributed by atoms with Crippen LogP contribution in [-0.2, 0) is 4.74 Å². The maximum absolute atomic E-state index is 14.8. The Morgan fingerprint density at radius 3 is 2.48 bits per heavy atom. The molecule has 2 fully saturated rings. The van der Waals surface area contributed by atoms with Crippen molar-refractivity contribution in [2.75, 3.05) is 58.1 Å². The molecule has 1 N–H and O–H groups in total. The van der Waals surface area contributed by atoms with Crippen molar-refractivity contribution < 1.29 is 13.4 Å². The van der Waals surface area contributed by atoms with Crippen LogP contribution in [0.15, 0.2) is 42.5 Å². The van der Waals surface area contributed by atoms with E-state index in [2.05, 4.69) is 9.62 Å². The molecule has 6 nitrogen and oxygen atoms in total. The third-order valence-corrected chi connectivity index (χ3v) is 7.67. The molecule has 1 unspecified atom stereocenters. The number of benzene rings is 2. The number of hydrogen-bond acceptors (Lipinski definition) is 5. The molecule has 2 saturated heterocycles. The van der Waals surface area contributed by atoms with Crippen molar-refractivity contribution in [2.24, 2.45) is 5.92 Å². The standard InChI is InChI=1S/C23H29Cl2FN4O2S/c1-28(2)12-16-13-30(14-16)33(26)27-18-10-19(24)22(20(25)11-18)23(31)29-8-9-32-21(15-29)17-6-4-3-5-7-17/h3-7,10-11,16,21,27,33H,8-9,12-15H2,1-2H3/t21-/m1/s1. The van der Waals surface area contributed by atoms with Gasteiger partial charge in [-0.2, -0.15) is 3.89 Å². The van der Waals surface area contributed by atoms with Gasteiger partial charge in [0.25, 0.3) is 5.91 Å². The van der Waals surface area contributed by atoms with Crippen molar-refractivity contribution in [3.05, 3.63) is 63.6 Å². The molecule has 180 valence electrons. The molecule has 33 heavy (non-hydrogen) atoms. The van der Waals surface area contributed by atoms with Crippen LogP contribution in [0.3, 0.4) is 0 Å². The lowest BCUT2D eigenvalue weighted by atomic mass is 10.0. The summed E-state index contributed by atoms with van der Waals surface area (Å²) in [6, 6.07) is 12.9. The molecule has 0 bridgehead atoms. The molecule has 0 aromatic heterocycles. The summed E-state index contributed by atoms with van der Waals surface area (Å²) in [5, 5.41) is 0.408. The minimum absolute atomic E-state index is 0.203. The van der Waals surface area contributed by atoms with Crippen molar-refractivity contribution in [3.8, 4) is 0 Å². The third kappa shape index (κ3) is 5.93. The van der Waals surface area contributed by atoms with Gasteiger partial charge in [0.05, 0.1) is 28.8 Å². The van der Waals surface area contributed by atoms with Gasteiger partial charge in [-0.15, -0.1) is 0 Å². The van der Waals surface area contributed by atoms with Crippen molar-refractivity contribution in [1.82, 2.24) is 14.1 Å². The summed E-state index contributed by atoms with van der Waals surface area (Å²) >= 11 is 10.9. The zero-order chi connectivity index (χ0) is 23.5. The van der Waals surface area contributed by atoms with E-state index < -0.39 is 11.7 Å². The number of morpholine rings is 1. The Labute approximate surface area is 207 Å². The van der Waals surface area contributed by atoms with E-state index in [0.717, 1.165) is 12.1 Å². The zero-order valence-electron chi connectivity index (χ0n) is 18.7. The summed E-state index contributed by atoms with van der Waals surface area (Å²) in [5.74, 6) is 0.223. The highest BCUT2D eigenvalue weighted by molar-refractivity contribution is 8.11. The van der Waals surface area contributed by atoms with Crippen LogP contribution < -0.4 is 4.72 Å². The third-order valence-electron chi connectivity index (χ3n) is 5.81. The Balaban J connectivity index is 1.40. The second kappa shape index (κ2) is 10.8. The van der Waals surface area contributed by atoms with Crippen LogP contribution in [-0.4, -0.2) is 73.4 Å². The van der Waals surface area contributed by atoms with Crippen LogP contribution in [0.5, 0.6) is 0 Å². The van der Waals surface area contributed by atoms with Gasteiger partial charge in [0.2, 0.25) is 0 Å². The summed E-state index contributed by atoms with van der Waals surface area (Å²) in [7, 11) is 4.04. The molecule has 0 radical (unpaired) electrons. The monoisotopic (exact) mass is 514 g/mol. The molecule has 0 aliphatic carbocycles. The normalized spacial score (nSPS) is 21.1. The molecule has 0 spiro atoms. The van der Waals surface area contributed by atoms with Crippen LogP contribution in [0.2, 0.25) is 10.0 Å². The Morgan fingerprint density at radius 1 is 1.18 bits per heavy atom. The number of anilines is 1. The minimum Gasteiger partial charge on any atom is -0.370 e. The Hall–Kier alpha value is -1.55. The highest BCUT2D eigenvalue weighted by Crippen LogP contribution is 2.41. The molecule has 1 amide bonds. The number of halogens is 3. The topological polar surface area (TPSA) is 48.0 Å². The molecule has 2 heterocycles. The minimum atomic E-state index is -2.04. The fraction of sp³-hybridized carbons (Fsp3) is 0.435. The maximum atomic E-state index is 14.8. The summed E-state index contributed by atoms with van der Waals surface area (Å²) in [6.07, 6.45) is -0.203. The van der Waals surface area contributed by atoms with Gasteiger partial charge >= 0.3 is 0 Å². The second-order valence-corrected chi connectivity index (χ2v) is 10.8. The predicted molar refractivity (Wildman–Crippen MR) is 135 cm³/mol. The van der Waals surface area contributed by atoms with Crippen LogP contribution in [0, 0.1) is 5.92 Å². The Bertz CT molecular complexity index is 955. The molecule has 2 atom stereocenters. The van der Waals surface area contributed by atoms with Gasteiger partial charge in [0, 0.05) is 43.5 Å². The fourth-order valence-corrected chi connectivity index (χ4v) is 6.08. The number of thiol groups is 1. The zero-order valence-corrected chi connectivity index (χ0v) is 21.1. The summed E-state index contributed by atoms with van der Waals surface area (Å²) < 4.78 is 25.3. The van der Waals surface area contributed by atoms with E-state index in [0.29, 0.717) is 44.4 Å². The van der Waals surface area contributed by atoms with Crippen molar-refractivity contribution in [3.63, 3.8) is 0 Å². The lowest BCUT2D eigenvalue weighted by molar-refractivity contribution is -0.0228. The van der Waals surface area contributed by atoms with Crippen LogP contribution in [0.1, 0.15) is 22.0 Å². The van der Waals surface area contributed by atoms with E-state index in [1.807, 2.05) is 44.4 Å². The van der Waals surface area contributed by atoms with Crippen molar-refractivity contribution in [1.29, 1.82) is 0 Å². The molecule has 4 rings (SSSR count). The lowest BCUT2D eigenvalue weighted by Crippen LogP contribution is -2.48. The fourth-order valence-electron chi connectivity index (χ4n) is 4.20. The molecule has 2 aromatic rings. The average Bonchev–Trinajstić information content (AvgIpc) is 2.76. The molecule has 2 aliphatic rings. The van der Waals surface area contributed by atoms with E-state index in [9.17, 15) is 8.68 Å². The van der Waals surface area contributed by atoms with E-state index in [1.165, 1.54) is 0 Å². The van der Waals surface area contributed by atoms with Gasteiger partial charge < -0.3 is 19.3 Å². The van der Waals surface area contributed by atoms with Crippen LogP contribution in [0.25, 0.3) is 0 Å². The molecular weight excluding hydrogens is 486 g/mol. The summed E-state index contributed by atoms with van der Waals surface area (Å²) in [6.45, 7) is 3.66. The molecule has 2 aliphatic heterocycles. The highest BCUT2D eigenvalue weighted by atomic mass is 35.5. The van der Waals surface area contributed by atoms with Crippen molar-refractivity contribution in [2.45, 2.75) is 6.10 Å². The molecular formula is C23H29Cl2FN4O2S. The first-order valence-corrected chi connectivity index (χ1v) is 12.8. The van der Waals surface area contributed by atoms with Crippen LogP contribution in [0.4, 0.5) is 9.57 Å². The number of carbonyl (C=O) groups is 1.